The monoisotopic (exact) mass is 296 g/mol. The van der Waals surface area contributed by atoms with Crippen LogP contribution in [0.25, 0.3) is 0 Å². The molecular weight excluding hydrogens is 272 g/mol. The topological polar surface area (TPSA) is 80.0 Å². The van der Waals surface area contributed by atoms with E-state index >= 15 is 0 Å². The zero-order valence-electron chi connectivity index (χ0n) is 13.0. The van der Waals surface area contributed by atoms with Gasteiger partial charge < -0.3 is 16.4 Å². The number of hydrogen-bond acceptors (Lipinski definition) is 5. The molecule has 1 fully saturated rings. The third-order valence-electron chi connectivity index (χ3n) is 4.57. The van der Waals surface area contributed by atoms with Crippen molar-refractivity contribution in [2.75, 3.05) is 11.1 Å². The van der Waals surface area contributed by atoms with E-state index in [2.05, 4.69) is 43.3 Å². The van der Waals surface area contributed by atoms with E-state index < -0.39 is 0 Å². The highest BCUT2D eigenvalue weighted by Crippen LogP contribution is 2.62. The Morgan fingerprint density at radius 2 is 1.85 bits per heavy atom. The van der Waals surface area contributed by atoms with E-state index in [9.17, 15) is 4.79 Å². The van der Waals surface area contributed by atoms with E-state index in [1.54, 1.807) is 0 Å². The molecule has 0 radical (unpaired) electrons. The second-order valence-corrected chi connectivity index (χ2v) is 7.88. The maximum absolute atomic E-state index is 12.3. The molecular formula is C14H24N4OS. The van der Waals surface area contributed by atoms with Gasteiger partial charge in [0.25, 0.3) is 5.91 Å². The summed E-state index contributed by atoms with van der Waals surface area (Å²) in [5.41, 5.74) is 6.07. The van der Waals surface area contributed by atoms with Gasteiger partial charge >= 0.3 is 0 Å². The molecule has 0 aliphatic heterocycles. The Hall–Kier alpha value is -1.30. The third kappa shape index (κ3) is 2.37. The molecule has 2 rings (SSSR count). The van der Waals surface area contributed by atoms with Gasteiger partial charge in [-0.1, -0.05) is 39.0 Å². The molecule has 0 unspecified atom stereocenters. The molecule has 1 saturated carbocycles. The number of hydrogen-bond donors (Lipinski definition) is 3. The van der Waals surface area contributed by atoms with Gasteiger partial charge in [0.1, 0.15) is 10.7 Å². The number of carbonyl (C=O) groups excluding carboxylic acids is 1. The number of nitrogens with zero attached hydrogens (tertiary/aromatic N) is 1. The van der Waals surface area contributed by atoms with E-state index in [0.717, 1.165) is 0 Å². The van der Waals surface area contributed by atoms with Gasteiger partial charge in [-0.15, -0.1) is 0 Å². The Morgan fingerprint density at radius 1 is 1.30 bits per heavy atom. The molecule has 0 spiro atoms. The largest absolute Gasteiger partial charge is 0.382 e. The van der Waals surface area contributed by atoms with Crippen LogP contribution < -0.4 is 16.4 Å². The van der Waals surface area contributed by atoms with Gasteiger partial charge in [0.15, 0.2) is 5.13 Å². The van der Waals surface area contributed by atoms with Gasteiger partial charge in [0.05, 0.1) is 0 Å². The number of thiazole rings is 1. The minimum absolute atomic E-state index is 0.112. The highest BCUT2D eigenvalue weighted by atomic mass is 32.1. The molecule has 112 valence electrons. The van der Waals surface area contributed by atoms with Gasteiger partial charge in [-0.25, -0.2) is 4.98 Å². The first-order chi connectivity index (χ1) is 9.07. The van der Waals surface area contributed by atoms with Crippen LogP contribution in [0.2, 0.25) is 0 Å². The van der Waals surface area contributed by atoms with Crippen molar-refractivity contribution in [3.63, 3.8) is 0 Å². The first-order valence-corrected chi connectivity index (χ1v) is 7.72. The summed E-state index contributed by atoms with van der Waals surface area (Å²) in [6.45, 7) is 12.7. The smallest absolute Gasteiger partial charge is 0.265 e. The average molecular weight is 296 g/mol. The van der Waals surface area contributed by atoms with Crippen molar-refractivity contribution in [1.82, 2.24) is 10.3 Å². The second kappa shape index (κ2) is 4.62. The third-order valence-corrected chi connectivity index (χ3v) is 5.57. The molecule has 5 nitrogen and oxygen atoms in total. The Bertz CT molecular complexity index is 519. The predicted octanol–water partition coefficient (Wildman–Crippen LogP) is 2.71. The van der Waals surface area contributed by atoms with Gasteiger partial charge in [0, 0.05) is 12.1 Å². The fourth-order valence-corrected chi connectivity index (χ4v) is 3.49. The van der Waals surface area contributed by atoms with Crippen molar-refractivity contribution in [1.29, 1.82) is 0 Å². The molecule has 1 aliphatic rings. The number of nitrogen functional groups attached to an aromatic ring is 1. The highest BCUT2D eigenvalue weighted by Gasteiger charge is 2.65. The quantitative estimate of drug-likeness (QED) is 0.798. The number of rotatable bonds is 4. The lowest BCUT2D eigenvalue weighted by atomic mass is 10.0. The molecule has 1 heterocycles. The standard InChI is InChI=1S/C14H24N4OS/c1-7(2)16-12-17-9(15)8(20-12)10(19)18-11-13(3,4)14(11,5)6/h7,11H,15H2,1-6H3,(H,16,17)(H,18,19). The summed E-state index contributed by atoms with van der Waals surface area (Å²) in [7, 11) is 0. The normalized spacial score (nSPS) is 19.9. The lowest BCUT2D eigenvalue weighted by molar-refractivity contribution is 0.0948. The van der Waals surface area contributed by atoms with Crippen LogP contribution in [0.5, 0.6) is 0 Å². The SMILES string of the molecule is CC(C)Nc1nc(N)c(C(=O)NC2C(C)(C)C2(C)C)s1. The van der Waals surface area contributed by atoms with Crippen LogP contribution in [0.15, 0.2) is 0 Å². The first kappa shape index (κ1) is 15.1. The predicted molar refractivity (Wildman–Crippen MR) is 84.1 cm³/mol. The number of carbonyl (C=O) groups is 1. The van der Waals surface area contributed by atoms with Crippen molar-refractivity contribution < 1.29 is 4.79 Å². The summed E-state index contributed by atoms with van der Waals surface area (Å²) in [5, 5.41) is 6.94. The fourth-order valence-electron chi connectivity index (χ4n) is 2.56. The highest BCUT2D eigenvalue weighted by molar-refractivity contribution is 7.18. The molecule has 4 N–H and O–H groups in total. The van der Waals surface area contributed by atoms with Crippen molar-refractivity contribution in [2.24, 2.45) is 10.8 Å². The Morgan fingerprint density at radius 3 is 2.30 bits per heavy atom. The van der Waals surface area contributed by atoms with E-state index in [1.165, 1.54) is 11.3 Å². The molecule has 6 heteroatoms. The molecule has 0 aromatic carbocycles. The minimum Gasteiger partial charge on any atom is -0.382 e. The average Bonchev–Trinajstić information content (AvgIpc) is 2.60. The van der Waals surface area contributed by atoms with Gasteiger partial charge in [0.2, 0.25) is 0 Å². The van der Waals surface area contributed by atoms with Crippen LogP contribution in [0.1, 0.15) is 51.2 Å². The van der Waals surface area contributed by atoms with Crippen molar-refractivity contribution in [2.45, 2.75) is 53.6 Å². The van der Waals surface area contributed by atoms with Crippen LogP contribution in [-0.4, -0.2) is 23.0 Å². The summed E-state index contributed by atoms with van der Waals surface area (Å²) in [6, 6.07) is 0.434. The summed E-state index contributed by atoms with van der Waals surface area (Å²) >= 11 is 1.31. The van der Waals surface area contributed by atoms with Crippen LogP contribution in [0.4, 0.5) is 10.9 Å². The maximum atomic E-state index is 12.3. The maximum Gasteiger partial charge on any atom is 0.265 e. The van der Waals surface area contributed by atoms with Crippen LogP contribution in [0, 0.1) is 10.8 Å². The van der Waals surface area contributed by atoms with E-state index in [4.69, 9.17) is 5.73 Å². The minimum atomic E-state index is -0.125. The summed E-state index contributed by atoms with van der Waals surface area (Å²) in [4.78, 5) is 17.0. The number of anilines is 2. The Kier molecular flexibility index (Phi) is 3.48. The molecule has 20 heavy (non-hydrogen) atoms. The molecule has 1 aliphatic carbocycles. The van der Waals surface area contributed by atoms with Crippen LogP contribution in [-0.2, 0) is 0 Å². The summed E-state index contributed by atoms with van der Waals surface area (Å²) < 4.78 is 0. The first-order valence-electron chi connectivity index (χ1n) is 6.91. The summed E-state index contributed by atoms with van der Waals surface area (Å²) in [6.07, 6.45) is 0. The van der Waals surface area contributed by atoms with E-state index in [0.29, 0.717) is 15.8 Å². The zero-order valence-corrected chi connectivity index (χ0v) is 13.8. The van der Waals surface area contributed by atoms with Gasteiger partial charge in [-0.2, -0.15) is 0 Å². The Labute approximate surface area is 124 Å². The molecule has 1 amide bonds. The van der Waals surface area contributed by atoms with Gasteiger partial charge in [-0.05, 0) is 24.7 Å². The Balaban J connectivity index is 2.09. The van der Waals surface area contributed by atoms with Crippen molar-refractivity contribution in [3.05, 3.63) is 4.88 Å². The van der Waals surface area contributed by atoms with Gasteiger partial charge in [-0.3, -0.25) is 4.79 Å². The molecule has 0 saturated heterocycles. The number of aromatic nitrogens is 1. The van der Waals surface area contributed by atoms with Crippen LogP contribution in [0.3, 0.4) is 0 Å². The lowest BCUT2D eigenvalue weighted by Crippen LogP contribution is -2.29. The second-order valence-electron chi connectivity index (χ2n) is 6.88. The van der Waals surface area contributed by atoms with Crippen molar-refractivity contribution in [3.8, 4) is 0 Å². The lowest BCUT2D eigenvalue weighted by Gasteiger charge is -2.05. The zero-order chi connectivity index (χ0) is 15.3. The van der Waals surface area contributed by atoms with Crippen LogP contribution >= 0.6 is 11.3 Å². The fraction of sp³-hybridized carbons (Fsp3) is 0.714. The molecule has 0 atom stereocenters. The molecule has 1 aromatic heterocycles. The number of nitrogens with one attached hydrogen (secondary N) is 2. The number of nitrogens with two attached hydrogens (primary N) is 1. The molecule has 0 bridgehead atoms. The summed E-state index contributed by atoms with van der Waals surface area (Å²) in [5.74, 6) is 0.173. The molecule has 1 aromatic rings. The van der Waals surface area contributed by atoms with Crippen molar-refractivity contribution >= 4 is 28.2 Å². The number of amides is 1. The van der Waals surface area contributed by atoms with E-state index in [1.807, 2.05) is 13.8 Å². The van der Waals surface area contributed by atoms with E-state index in [-0.39, 0.29) is 28.8 Å².